The SMILES string of the molecule is C=C(c1ccc2c(c1)OCO2)[N+](=O)[O-]. The van der Waals surface area contributed by atoms with Gasteiger partial charge in [-0.25, -0.2) is 0 Å². The lowest BCUT2D eigenvalue weighted by atomic mass is 10.1. The summed E-state index contributed by atoms with van der Waals surface area (Å²) in [5.74, 6) is 1.12. The molecule has 0 N–H and O–H groups in total. The Morgan fingerprint density at radius 2 is 2.14 bits per heavy atom. The maximum Gasteiger partial charge on any atom is 0.269 e. The Labute approximate surface area is 79.7 Å². The van der Waals surface area contributed by atoms with Crippen LogP contribution in [-0.4, -0.2) is 11.7 Å². The first-order valence-corrected chi connectivity index (χ1v) is 3.92. The molecule has 0 fully saturated rings. The molecule has 2 rings (SSSR count). The molecule has 0 bridgehead atoms. The smallest absolute Gasteiger partial charge is 0.269 e. The molecule has 0 aliphatic carbocycles. The summed E-state index contributed by atoms with van der Waals surface area (Å²) in [7, 11) is 0. The molecule has 0 radical (unpaired) electrons. The van der Waals surface area contributed by atoms with E-state index in [1.54, 1.807) is 18.2 Å². The van der Waals surface area contributed by atoms with Gasteiger partial charge in [-0.3, -0.25) is 10.1 Å². The van der Waals surface area contributed by atoms with Gasteiger partial charge in [0.15, 0.2) is 11.5 Å². The molecule has 0 saturated heterocycles. The topological polar surface area (TPSA) is 61.6 Å². The van der Waals surface area contributed by atoms with Crippen molar-refractivity contribution < 1.29 is 14.4 Å². The first kappa shape index (κ1) is 8.55. The van der Waals surface area contributed by atoms with Crippen LogP contribution >= 0.6 is 0 Å². The summed E-state index contributed by atoms with van der Waals surface area (Å²) in [6.45, 7) is 3.51. The predicted octanol–water partition coefficient (Wildman–Crippen LogP) is 1.66. The van der Waals surface area contributed by atoms with Crippen molar-refractivity contribution in [2.45, 2.75) is 0 Å². The quantitative estimate of drug-likeness (QED) is 0.529. The number of hydrogen-bond acceptors (Lipinski definition) is 4. The zero-order chi connectivity index (χ0) is 10.1. The molecular weight excluding hydrogens is 186 g/mol. The maximum absolute atomic E-state index is 10.4. The van der Waals surface area contributed by atoms with Gasteiger partial charge in [-0.1, -0.05) is 0 Å². The van der Waals surface area contributed by atoms with Gasteiger partial charge in [0.2, 0.25) is 6.79 Å². The largest absolute Gasteiger partial charge is 0.454 e. The van der Waals surface area contributed by atoms with Gasteiger partial charge in [0.1, 0.15) is 0 Å². The van der Waals surface area contributed by atoms with E-state index in [1.807, 2.05) is 0 Å². The van der Waals surface area contributed by atoms with Crippen LogP contribution < -0.4 is 9.47 Å². The lowest BCUT2D eigenvalue weighted by Gasteiger charge is -1.98. The predicted molar refractivity (Wildman–Crippen MR) is 48.6 cm³/mol. The Balaban J connectivity index is 2.38. The number of fused-ring (bicyclic) bond motifs is 1. The zero-order valence-corrected chi connectivity index (χ0v) is 7.23. The minimum Gasteiger partial charge on any atom is -0.454 e. The van der Waals surface area contributed by atoms with E-state index in [0.717, 1.165) is 0 Å². The lowest BCUT2D eigenvalue weighted by Crippen LogP contribution is -1.95. The molecule has 0 spiro atoms. The molecule has 72 valence electrons. The van der Waals surface area contributed by atoms with Gasteiger partial charge in [0.05, 0.1) is 10.5 Å². The molecule has 0 amide bonds. The molecule has 1 heterocycles. The van der Waals surface area contributed by atoms with Crippen molar-refractivity contribution in [3.05, 3.63) is 40.5 Å². The highest BCUT2D eigenvalue weighted by atomic mass is 16.7. The van der Waals surface area contributed by atoms with E-state index in [9.17, 15) is 10.1 Å². The summed E-state index contributed by atoms with van der Waals surface area (Å²) in [5.41, 5.74) is 0.280. The second kappa shape index (κ2) is 3.02. The van der Waals surface area contributed by atoms with Crippen molar-refractivity contribution in [1.29, 1.82) is 0 Å². The number of nitro groups is 1. The summed E-state index contributed by atoms with van der Waals surface area (Å²) < 4.78 is 10.2. The fraction of sp³-hybridized carbons (Fsp3) is 0.111. The van der Waals surface area contributed by atoms with Crippen LogP contribution in [0.4, 0.5) is 0 Å². The van der Waals surface area contributed by atoms with Gasteiger partial charge >= 0.3 is 0 Å². The van der Waals surface area contributed by atoms with Crippen molar-refractivity contribution in [3.63, 3.8) is 0 Å². The van der Waals surface area contributed by atoms with E-state index in [1.165, 1.54) is 0 Å². The molecule has 1 aliphatic heterocycles. The van der Waals surface area contributed by atoms with Gasteiger partial charge in [0.25, 0.3) is 5.70 Å². The van der Waals surface area contributed by atoms with Gasteiger partial charge in [0, 0.05) is 0 Å². The highest BCUT2D eigenvalue weighted by molar-refractivity contribution is 5.61. The average Bonchev–Trinajstić information content (AvgIpc) is 2.62. The number of rotatable bonds is 2. The summed E-state index contributed by atoms with van der Waals surface area (Å²) >= 11 is 0. The minimum atomic E-state index is -0.530. The zero-order valence-electron chi connectivity index (χ0n) is 7.23. The third-order valence-electron chi connectivity index (χ3n) is 1.93. The highest BCUT2D eigenvalue weighted by Crippen LogP contribution is 2.34. The van der Waals surface area contributed by atoms with Gasteiger partial charge in [-0.2, -0.15) is 0 Å². The Hall–Kier alpha value is -2.04. The van der Waals surface area contributed by atoms with Crippen LogP contribution in [0, 0.1) is 10.1 Å². The summed E-state index contributed by atoms with van der Waals surface area (Å²) in [4.78, 5) is 9.90. The first-order chi connectivity index (χ1) is 6.68. The third-order valence-corrected chi connectivity index (χ3v) is 1.93. The van der Waals surface area contributed by atoms with E-state index < -0.39 is 4.92 Å². The van der Waals surface area contributed by atoms with Crippen molar-refractivity contribution >= 4 is 5.70 Å². The van der Waals surface area contributed by atoms with E-state index in [-0.39, 0.29) is 12.5 Å². The fourth-order valence-electron chi connectivity index (χ4n) is 1.18. The van der Waals surface area contributed by atoms with Crippen molar-refractivity contribution in [2.24, 2.45) is 0 Å². The van der Waals surface area contributed by atoms with Gasteiger partial charge in [-0.15, -0.1) is 0 Å². The van der Waals surface area contributed by atoms with Gasteiger partial charge < -0.3 is 9.47 Å². The van der Waals surface area contributed by atoms with Crippen molar-refractivity contribution in [1.82, 2.24) is 0 Å². The number of benzene rings is 1. The summed E-state index contributed by atoms with van der Waals surface area (Å²) in [5, 5.41) is 10.4. The molecule has 5 nitrogen and oxygen atoms in total. The van der Waals surface area contributed by atoms with Crippen LogP contribution in [0.3, 0.4) is 0 Å². The Morgan fingerprint density at radius 1 is 1.43 bits per heavy atom. The number of hydrogen-bond donors (Lipinski definition) is 0. The normalized spacial score (nSPS) is 12.6. The molecule has 1 aromatic carbocycles. The van der Waals surface area contributed by atoms with Crippen LogP contribution in [0.2, 0.25) is 0 Å². The van der Waals surface area contributed by atoms with E-state index in [2.05, 4.69) is 6.58 Å². The third kappa shape index (κ3) is 1.28. The molecule has 5 heteroatoms. The summed E-state index contributed by atoms with van der Waals surface area (Å²) in [6, 6.07) is 4.76. The van der Waals surface area contributed by atoms with Crippen LogP contribution in [0.1, 0.15) is 5.56 Å². The average molecular weight is 193 g/mol. The van der Waals surface area contributed by atoms with Gasteiger partial charge in [-0.05, 0) is 24.8 Å². The second-order valence-corrected chi connectivity index (χ2v) is 2.77. The van der Waals surface area contributed by atoms with Crippen LogP contribution in [0.15, 0.2) is 24.8 Å². The molecule has 0 unspecified atom stereocenters. The first-order valence-electron chi connectivity index (χ1n) is 3.92. The lowest BCUT2D eigenvalue weighted by molar-refractivity contribution is -0.375. The summed E-state index contributed by atoms with van der Waals surface area (Å²) in [6.07, 6.45) is 0. The molecule has 1 aliphatic rings. The van der Waals surface area contributed by atoms with E-state index >= 15 is 0 Å². The van der Waals surface area contributed by atoms with E-state index in [4.69, 9.17) is 9.47 Å². The Morgan fingerprint density at radius 3 is 2.86 bits per heavy atom. The monoisotopic (exact) mass is 193 g/mol. The molecular formula is C9H7NO4. The minimum absolute atomic E-state index is 0.150. The van der Waals surface area contributed by atoms with Crippen LogP contribution in [0.25, 0.3) is 5.70 Å². The van der Waals surface area contributed by atoms with Crippen LogP contribution in [-0.2, 0) is 0 Å². The van der Waals surface area contributed by atoms with Crippen molar-refractivity contribution in [3.8, 4) is 11.5 Å². The van der Waals surface area contributed by atoms with Crippen molar-refractivity contribution in [2.75, 3.05) is 6.79 Å². The fourth-order valence-corrected chi connectivity index (χ4v) is 1.18. The second-order valence-electron chi connectivity index (χ2n) is 2.77. The molecule has 0 saturated carbocycles. The highest BCUT2D eigenvalue weighted by Gasteiger charge is 2.17. The standard InChI is InChI=1S/C9H7NO4/c1-6(10(11)12)7-2-3-8-9(4-7)14-5-13-8/h2-4H,1,5H2. The number of ether oxygens (including phenoxy) is 2. The Bertz CT molecular complexity index is 413. The maximum atomic E-state index is 10.4. The van der Waals surface area contributed by atoms with Crippen LogP contribution in [0.5, 0.6) is 11.5 Å². The molecule has 0 aromatic heterocycles. The van der Waals surface area contributed by atoms with E-state index in [0.29, 0.717) is 17.1 Å². The number of nitrogens with zero attached hydrogens (tertiary/aromatic N) is 1. The molecule has 1 aromatic rings. The molecule has 0 atom stereocenters. The molecule has 14 heavy (non-hydrogen) atoms. The Kier molecular flexibility index (Phi) is 1.85.